The number of rotatable bonds is 7. The lowest BCUT2D eigenvalue weighted by Gasteiger charge is -2.49. The lowest BCUT2D eigenvalue weighted by Crippen LogP contribution is -2.70. The number of halogens is 1. The number of ketones is 1. The maximum atomic E-state index is 13.5. The topological polar surface area (TPSA) is 71.8 Å². The van der Waals surface area contributed by atoms with E-state index in [2.05, 4.69) is 47.0 Å². The van der Waals surface area contributed by atoms with Gasteiger partial charge in [-0.25, -0.2) is 9.37 Å². The highest BCUT2D eigenvalue weighted by atomic mass is 19.1. The Hall–Kier alpha value is -2.84. The van der Waals surface area contributed by atoms with Crippen LogP contribution < -0.4 is 10.2 Å². The molecule has 2 aliphatic rings. The van der Waals surface area contributed by atoms with Crippen molar-refractivity contribution in [2.75, 3.05) is 37.7 Å². The zero-order valence-electron chi connectivity index (χ0n) is 24.6. The first-order valence-electron chi connectivity index (χ1n) is 14.4. The second kappa shape index (κ2) is 14.5. The molecule has 0 bridgehead atoms. The van der Waals surface area contributed by atoms with Crippen molar-refractivity contribution < 1.29 is 13.9 Å². The number of aryl methyl sites for hydroxylation is 3. The molecule has 2 fully saturated rings. The van der Waals surface area contributed by atoms with Crippen molar-refractivity contribution in [1.82, 2.24) is 19.7 Å². The number of aromatic nitrogens is 3. The maximum Gasteiger partial charge on any atom is 0.173 e. The Morgan fingerprint density at radius 1 is 1.13 bits per heavy atom. The number of imidazole rings is 1. The molecule has 0 saturated carbocycles. The van der Waals surface area contributed by atoms with Crippen molar-refractivity contribution in [3.05, 3.63) is 59.1 Å². The quantitative estimate of drug-likeness (QED) is 0.420. The van der Waals surface area contributed by atoms with Crippen LogP contribution in [0.3, 0.4) is 0 Å². The summed E-state index contributed by atoms with van der Waals surface area (Å²) in [6, 6.07) is 3.75. The van der Waals surface area contributed by atoms with E-state index in [4.69, 9.17) is 4.74 Å². The van der Waals surface area contributed by atoms with E-state index in [0.29, 0.717) is 5.65 Å². The molecule has 0 radical (unpaired) electrons. The minimum Gasteiger partial charge on any atom is -0.377 e. The highest BCUT2D eigenvalue weighted by molar-refractivity contribution is 5.75. The first kappa shape index (κ1) is 30.7. The van der Waals surface area contributed by atoms with Crippen molar-refractivity contribution >= 4 is 17.1 Å². The monoisotopic (exact) mass is 539 g/mol. The Bertz CT molecular complexity index is 1220. The van der Waals surface area contributed by atoms with Crippen molar-refractivity contribution in [3.8, 4) is 0 Å². The van der Waals surface area contributed by atoms with E-state index in [1.165, 1.54) is 23.4 Å². The van der Waals surface area contributed by atoms with Gasteiger partial charge in [-0.1, -0.05) is 33.6 Å². The summed E-state index contributed by atoms with van der Waals surface area (Å²) in [6.45, 7) is 16.8. The fourth-order valence-electron chi connectivity index (χ4n) is 5.15. The summed E-state index contributed by atoms with van der Waals surface area (Å²) < 4.78 is 20.7. The summed E-state index contributed by atoms with van der Waals surface area (Å²) in [5.41, 5.74) is 6.45. The summed E-state index contributed by atoms with van der Waals surface area (Å²) in [5.74, 6) is 0.0570. The van der Waals surface area contributed by atoms with Gasteiger partial charge in [-0.15, -0.1) is 0 Å². The number of hydrogen-bond acceptors (Lipinski definition) is 6. The van der Waals surface area contributed by atoms with Gasteiger partial charge in [-0.05, 0) is 63.3 Å². The van der Waals surface area contributed by atoms with Crippen LogP contribution in [-0.4, -0.2) is 58.5 Å². The molecule has 3 aromatic heterocycles. The van der Waals surface area contributed by atoms with Crippen LogP contribution in [0, 0.1) is 19.7 Å². The number of piperazine rings is 1. The largest absolute Gasteiger partial charge is 0.377 e. The van der Waals surface area contributed by atoms with Gasteiger partial charge >= 0.3 is 0 Å². The van der Waals surface area contributed by atoms with E-state index in [9.17, 15) is 9.18 Å². The molecule has 0 aromatic carbocycles. The fourth-order valence-corrected chi connectivity index (χ4v) is 5.15. The normalized spacial score (nSPS) is 15.7. The van der Waals surface area contributed by atoms with Gasteiger partial charge in [0.05, 0.1) is 24.4 Å². The smallest absolute Gasteiger partial charge is 0.173 e. The molecule has 0 amide bonds. The number of nitrogens with one attached hydrogen (secondary N) is 1. The zero-order chi connectivity index (χ0) is 28.4. The predicted octanol–water partition coefficient (Wildman–Crippen LogP) is 5.63. The molecule has 0 atom stereocenters. The molecule has 7 nitrogen and oxygen atoms in total. The van der Waals surface area contributed by atoms with Crippen LogP contribution in [0.2, 0.25) is 0 Å². The molecule has 0 aliphatic carbocycles. The number of carbonyl (C=O) groups is 1. The van der Waals surface area contributed by atoms with E-state index < -0.39 is 0 Å². The summed E-state index contributed by atoms with van der Waals surface area (Å²) in [5, 5.41) is 3.62. The number of fused-ring (bicyclic) bond motifs is 1. The van der Waals surface area contributed by atoms with E-state index in [1.807, 2.05) is 32.4 Å². The molecule has 8 heteroatoms. The molecule has 3 aromatic rings. The second-order valence-electron chi connectivity index (χ2n) is 10.8. The first-order valence-corrected chi connectivity index (χ1v) is 14.4. The highest BCUT2D eigenvalue weighted by Crippen LogP contribution is 2.29. The average Bonchev–Trinajstić information content (AvgIpc) is 3.26. The molecular formula is C31H46FN5O2. The maximum absolute atomic E-state index is 13.5. The highest BCUT2D eigenvalue weighted by Gasteiger charge is 2.42. The number of carbonyl (C=O) groups excluding carboxylic acids is 1. The minimum absolute atomic E-state index is 0.193. The molecular weight excluding hydrogens is 493 g/mol. The van der Waals surface area contributed by atoms with Gasteiger partial charge in [0.1, 0.15) is 5.78 Å². The summed E-state index contributed by atoms with van der Waals surface area (Å²) in [4.78, 5) is 21.1. The van der Waals surface area contributed by atoms with Crippen molar-refractivity contribution in [2.45, 2.75) is 85.6 Å². The Kier molecular flexibility index (Phi) is 11.4. The molecule has 1 N–H and O–H groups in total. The Morgan fingerprint density at radius 2 is 1.87 bits per heavy atom. The van der Waals surface area contributed by atoms with Gasteiger partial charge in [0.15, 0.2) is 11.5 Å². The van der Waals surface area contributed by atoms with Crippen LogP contribution in [0.1, 0.15) is 75.9 Å². The lowest BCUT2D eigenvalue weighted by molar-refractivity contribution is -0.117. The third-order valence-electron chi connectivity index (χ3n) is 7.04. The third kappa shape index (κ3) is 8.32. The Balaban J connectivity index is 0.000000185. The van der Waals surface area contributed by atoms with Crippen LogP contribution in [0.15, 0.2) is 30.7 Å². The van der Waals surface area contributed by atoms with E-state index in [0.717, 1.165) is 76.2 Å². The molecule has 2 saturated heterocycles. The van der Waals surface area contributed by atoms with Crippen LogP contribution in [0.5, 0.6) is 0 Å². The number of ether oxygens (including phenoxy) is 1. The van der Waals surface area contributed by atoms with Gasteiger partial charge in [0.2, 0.25) is 0 Å². The summed E-state index contributed by atoms with van der Waals surface area (Å²) >= 11 is 0. The van der Waals surface area contributed by atoms with Crippen molar-refractivity contribution in [3.63, 3.8) is 0 Å². The molecule has 39 heavy (non-hydrogen) atoms. The van der Waals surface area contributed by atoms with Crippen LogP contribution in [-0.2, 0) is 22.4 Å². The summed E-state index contributed by atoms with van der Waals surface area (Å²) in [6.07, 6.45) is 11.7. The number of nitrogens with zero attached hydrogens (tertiary/aromatic N) is 4. The van der Waals surface area contributed by atoms with Crippen LogP contribution in [0.25, 0.3) is 5.65 Å². The first-order chi connectivity index (χ1) is 18.7. The molecule has 5 rings (SSSR count). The Labute approximate surface area is 233 Å². The van der Waals surface area contributed by atoms with Crippen LogP contribution >= 0.6 is 0 Å². The molecule has 0 unspecified atom stereocenters. The molecule has 1 spiro atoms. The predicted molar refractivity (Wildman–Crippen MR) is 156 cm³/mol. The number of Topliss-reactive ketones (excluding diaryl/α,β-unsaturated/α-hetero) is 1. The van der Waals surface area contributed by atoms with Gasteiger partial charge in [-0.2, -0.15) is 0 Å². The van der Waals surface area contributed by atoms with Gasteiger partial charge < -0.3 is 24.1 Å². The molecule has 5 heterocycles. The van der Waals surface area contributed by atoms with E-state index >= 15 is 0 Å². The number of pyridine rings is 2. The van der Waals surface area contributed by atoms with E-state index in [1.54, 1.807) is 17.4 Å². The van der Waals surface area contributed by atoms with Gasteiger partial charge in [-0.3, -0.25) is 4.98 Å². The van der Waals surface area contributed by atoms with Gasteiger partial charge in [0.25, 0.3) is 0 Å². The van der Waals surface area contributed by atoms with Crippen molar-refractivity contribution in [2.24, 2.45) is 0 Å². The number of hydrogen-bond donors (Lipinski definition) is 1. The molecule has 2 aliphatic heterocycles. The fraction of sp³-hybridized carbons (Fsp3) is 0.581. The second-order valence-corrected chi connectivity index (χ2v) is 10.8. The Morgan fingerprint density at radius 3 is 2.46 bits per heavy atom. The SMILES string of the molecule is CCCC(C)=O.CCCc1c(N2CCNC3(COC3)C2)ccnc1C.CCCc1cc(F)c2nc(C)cn2c1. The van der Waals surface area contributed by atoms with Gasteiger partial charge in [0, 0.05) is 56.0 Å². The standard InChI is InChI=1S/C15H23N3O.C11H13FN2.C5H10O/c1-3-4-13-12(2)16-6-5-14(13)18-8-7-17-15(9-18)10-19-11-15;1-3-4-9-5-10(12)11-13-8(2)6-14(11)7-9;1-3-4-5(2)6/h5-6,17H,3-4,7-11H2,1-2H3;5-7H,3-4H2,1-2H3;3-4H2,1-2H3. The van der Waals surface area contributed by atoms with E-state index in [-0.39, 0.29) is 17.1 Å². The lowest BCUT2D eigenvalue weighted by atomic mass is 9.93. The average molecular weight is 540 g/mol. The minimum atomic E-state index is -0.232. The third-order valence-corrected chi connectivity index (χ3v) is 7.04. The van der Waals surface area contributed by atoms with Crippen molar-refractivity contribution in [1.29, 1.82) is 0 Å². The summed E-state index contributed by atoms with van der Waals surface area (Å²) in [7, 11) is 0. The zero-order valence-corrected chi connectivity index (χ0v) is 24.6. The van der Waals surface area contributed by atoms with Crippen LogP contribution in [0.4, 0.5) is 10.1 Å². The molecule has 214 valence electrons. The number of anilines is 1.